The van der Waals surface area contributed by atoms with Crippen LogP contribution >= 0.6 is 0 Å². The van der Waals surface area contributed by atoms with Gasteiger partial charge in [-0.05, 0) is 25.7 Å². The quantitative estimate of drug-likeness (QED) is 0.699. The molecule has 1 aromatic rings. The van der Waals surface area contributed by atoms with Gasteiger partial charge in [0.2, 0.25) is 0 Å². The van der Waals surface area contributed by atoms with Gasteiger partial charge >= 0.3 is 0 Å². The Morgan fingerprint density at radius 1 is 1.30 bits per heavy atom. The van der Waals surface area contributed by atoms with Gasteiger partial charge in [0, 0.05) is 30.6 Å². The molecule has 148 valence electrons. The first-order valence-corrected chi connectivity index (χ1v) is 10.4. The van der Waals surface area contributed by atoms with Gasteiger partial charge in [-0.1, -0.05) is 31.4 Å². The molecule has 8 heteroatoms. The zero-order chi connectivity index (χ0) is 19.2. The van der Waals surface area contributed by atoms with Gasteiger partial charge in [0.1, 0.15) is 5.69 Å². The van der Waals surface area contributed by atoms with Gasteiger partial charge < -0.3 is 4.74 Å². The number of morpholine rings is 1. The number of halogens is 1. The third-order valence-corrected chi connectivity index (χ3v) is 6.50. The maximum absolute atomic E-state index is 14.8. The van der Waals surface area contributed by atoms with E-state index in [1.54, 1.807) is 18.2 Å². The summed E-state index contributed by atoms with van der Waals surface area (Å²) in [5.74, 6) is -0.216. The summed E-state index contributed by atoms with van der Waals surface area (Å²) in [6, 6.07) is 0.180. The number of nitrogens with zero attached hydrogens (tertiary/aromatic N) is 2. The van der Waals surface area contributed by atoms with Gasteiger partial charge in [0.25, 0.3) is 0 Å². The van der Waals surface area contributed by atoms with Gasteiger partial charge in [0.05, 0.1) is 18.9 Å². The van der Waals surface area contributed by atoms with Crippen LogP contribution in [0.1, 0.15) is 43.0 Å². The zero-order valence-electron chi connectivity index (χ0n) is 15.5. The third-order valence-electron chi connectivity index (χ3n) is 5.13. The number of rotatable bonds is 7. The molecule has 1 aromatic heterocycles. The topological polar surface area (TPSA) is 70.2 Å². The van der Waals surface area contributed by atoms with Crippen molar-refractivity contribution in [1.29, 1.82) is 0 Å². The summed E-state index contributed by atoms with van der Waals surface area (Å²) in [5, 5.41) is 7.01. The van der Waals surface area contributed by atoms with Crippen molar-refractivity contribution < 1.29 is 13.3 Å². The molecule has 27 heavy (non-hydrogen) atoms. The summed E-state index contributed by atoms with van der Waals surface area (Å²) in [6.45, 7) is 9.95. The summed E-state index contributed by atoms with van der Waals surface area (Å²) < 4.78 is 37.7. The van der Waals surface area contributed by atoms with E-state index >= 15 is 0 Å². The van der Waals surface area contributed by atoms with E-state index in [0.717, 1.165) is 25.7 Å². The minimum Gasteiger partial charge on any atom is -0.379 e. The lowest BCUT2D eigenvalue weighted by atomic mass is 9.84. The number of nitrogens with one attached hydrogen (secondary N) is 2. The highest BCUT2D eigenvalue weighted by Gasteiger charge is 2.29. The molecule has 0 radical (unpaired) electrons. The average molecular weight is 395 g/mol. The van der Waals surface area contributed by atoms with Crippen LogP contribution in [0.2, 0.25) is 0 Å². The SMILES string of the molecule is C=C/C=C(\C=C)c1n[nH]c(C2CCC(NS(=O)N3CCOCC3)CC2)c1F. The third kappa shape index (κ3) is 4.82. The lowest BCUT2D eigenvalue weighted by Crippen LogP contribution is -2.46. The summed E-state index contributed by atoms with van der Waals surface area (Å²) in [7, 11) is 0. The molecule has 2 fully saturated rings. The van der Waals surface area contributed by atoms with Crippen molar-refractivity contribution in [3.63, 3.8) is 0 Å². The molecule has 1 aliphatic carbocycles. The van der Waals surface area contributed by atoms with Crippen molar-refractivity contribution in [1.82, 2.24) is 19.2 Å². The van der Waals surface area contributed by atoms with Crippen LogP contribution in [0.4, 0.5) is 4.39 Å². The van der Waals surface area contributed by atoms with Crippen molar-refractivity contribution >= 4 is 16.7 Å². The molecule has 3 rings (SSSR count). The van der Waals surface area contributed by atoms with Crippen molar-refractivity contribution in [3.8, 4) is 0 Å². The van der Waals surface area contributed by atoms with E-state index in [1.165, 1.54) is 0 Å². The fourth-order valence-corrected chi connectivity index (χ4v) is 4.75. The van der Waals surface area contributed by atoms with E-state index in [1.807, 2.05) is 4.31 Å². The molecule has 0 spiro atoms. The molecule has 0 aromatic carbocycles. The van der Waals surface area contributed by atoms with Gasteiger partial charge in [-0.3, -0.25) is 5.10 Å². The van der Waals surface area contributed by atoms with Gasteiger partial charge in [-0.15, -0.1) is 0 Å². The predicted octanol–water partition coefficient (Wildman–Crippen LogP) is 2.83. The van der Waals surface area contributed by atoms with E-state index < -0.39 is 11.2 Å². The number of ether oxygens (including phenoxy) is 1. The molecule has 1 unspecified atom stereocenters. The minimum atomic E-state index is -1.19. The fraction of sp³-hybridized carbons (Fsp3) is 0.526. The molecule has 0 bridgehead atoms. The average Bonchev–Trinajstić information content (AvgIpc) is 3.08. The van der Waals surface area contributed by atoms with Crippen molar-refractivity contribution in [2.24, 2.45) is 0 Å². The molecule has 1 saturated carbocycles. The van der Waals surface area contributed by atoms with Crippen LogP contribution in [-0.4, -0.2) is 51.1 Å². The van der Waals surface area contributed by atoms with Crippen LogP contribution in [-0.2, 0) is 15.9 Å². The van der Waals surface area contributed by atoms with E-state index in [2.05, 4.69) is 28.1 Å². The summed E-state index contributed by atoms with van der Waals surface area (Å²) >= 11 is -1.19. The smallest absolute Gasteiger partial charge is 0.172 e. The summed E-state index contributed by atoms with van der Waals surface area (Å²) in [6.07, 6.45) is 8.22. The van der Waals surface area contributed by atoms with E-state index in [-0.39, 0.29) is 23.5 Å². The van der Waals surface area contributed by atoms with E-state index in [0.29, 0.717) is 37.6 Å². The maximum Gasteiger partial charge on any atom is 0.172 e. The van der Waals surface area contributed by atoms with Crippen molar-refractivity contribution in [2.45, 2.75) is 37.6 Å². The van der Waals surface area contributed by atoms with E-state index in [9.17, 15) is 8.60 Å². The zero-order valence-corrected chi connectivity index (χ0v) is 16.3. The largest absolute Gasteiger partial charge is 0.379 e. The molecule has 2 N–H and O–H groups in total. The van der Waals surface area contributed by atoms with Gasteiger partial charge in [-0.2, -0.15) is 5.10 Å². The number of hydrogen-bond acceptors (Lipinski definition) is 3. The van der Waals surface area contributed by atoms with Gasteiger partial charge in [-0.25, -0.2) is 17.6 Å². The minimum absolute atomic E-state index is 0.0934. The Morgan fingerprint density at radius 2 is 2.00 bits per heavy atom. The predicted molar refractivity (Wildman–Crippen MR) is 106 cm³/mol. The molecule has 2 aliphatic rings. The highest BCUT2D eigenvalue weighted by molar-refractivity contribution is 7.80. The van der Waals surface area contributed by atoms with Crippen LogP contribution in [0.15, 0.2) is 31.4 Å². The Hall–Kier alpha value is -1.61. The highest BCUT2D eigenvalue weighted by atomic mass is 32.2. The molecule has 1 aliphatic heterocycles. The monoisotopic (exact) mass is 394 g/mol. The molecule has 2 heterocycles. The number of hydrogen-bond donors (Lipinski definition) is 2. The maximum atomic E-state index is 14.8. The number of allylic oxidation sites excluding steroid dienone is 4. The summed E-state index contributed by atoms with van der Waals surface area (Å²) in [5.41, 5.74) is 1.45. The first kappa shape index (κ1) is 20.1. The molecule has 1 saturated heterocycles. The second kappa shape index (κ2) is 9.54. The summed E-state index contributed by atoms with van der Waals surface area (Å²) in [4.78, 5) is 0. The lowest BCUT2D eigenvalue weighted by Gasteiger charge is -2.31. The van der Waals surface area contributed by atoms with E-state index in [4.69, 9.17) is 4.74 Å². The van der Waals surface area contributed by atoms with Crippen LogP contribution in [0.3, 0.4) is 0 Å². The van der Waals surface area contributed by atoms with Crippen LogP contribution in [0.25, 0.3) is 5.57 Å². The van der Waals surface area contributed by atoms with Crippen molar-refractivity contribution in [3.05, 3.63) is 48.6 Å². The lowest BCUT2D eigenvalue weighted by molar-refractivity contribution is 0.0745. The Bertz CT molecular complexity index is 719. The van der Waals surface area contributed by atoms with Crippen LogP contribution < -0.4 is 4.72 Å². The number of H-pyrrole nitrogens is 1. The molecular weight excluding hydrogens is 367 g/mol. The second-order valence-electron chi connectivity index (χ2n) is 6.82. The molecule has 0 amide bonds. The molecule has 1 atom stereocenters. The Balaban J connectivity index is 1.57. The molecule has 6 nitrogen and oxygen atoms in total. The normalized spacial score (nSPS) is 25.9. The van der Waals surface area contributed by atoms with Crippen LogP contribution in [0, 0.1) is 5.82 Å². The Labute approximate surface area is 162 Å². The van der Waals surface area contributed by atoms with Crippen LogP contribution in [0.5, 0.6) is 0 Å². The highest BCUT2D eigenvalue weighted by Crippen LogP contribution is 2.35. The first-order valence-electron chi connectivity index (χ1n) is 9.34. The first-order chi connectivity index (χ1) is 13.1. The standard InChI is InChI=1S/C19H27FN4O2S/c1-3-5-14(4-2)18-17(20)19(22-21-18)15-6-8-16(9-7-15)23-27(25)24-10-12-26-13-11-24/h3-5,15-16,23H,1-2,6-13H2,(H,21,22)/b14-5+. The second-order valence-corrected chi connectivity index (χ2v) is 8.07. The fourth-order valence-electron chi connectivity index (χ4n) is 3.60. The number of aromatic nitrogens is 2. The Morgan fingerprint density at radius 3 is 2.63 bits per heavy atom. The van der Waals surface area contributed by atoms with Crippen molar-refractivity contribution in [2.75, 3.05) is 26.3 Å². The van der Waals surface area contributed by atoms with Gasteiger partial charge in [0.15, 0.2) is 17.0 Å². The molecular formula is C19H27FN4O2S. The number of aromatic amines is 1. The Kier molecular flexibility index (Phi) is 7.12.